The van der Waals surface area contributed by atoms with Gasteiger partial charge in [-0.2, -0.15) is 0 Å². The third-order valence-corrected chi connectivity index (χ3v) is 3.42. The molecular formula is C12H14BrN3O3. The smallest absolute Gasteiger partial charge is 0.409 e. The molecule has 0 aromatic carbocycles. The third-order valence-electron chi connectivity index (χ3n) is 2.95. The molecule has 2 amide bonds. The number of hydrogen-bond donors (Lipinski definition) is 0. The van der Waals surface area contributed by atoms with Crippen molar-refractivity contribution in [1.29, 1.82) is 0 Å². The molecular weight excluding hydrogens is 314 g/mol. The summed E-state index contributed by atoms with van der Waals surface area (Å²) in [5, 5.41) is 0. The molecule has 1 aromatic heterocycles. The van der Waals surface area contributed by atoms with E-state index in [0.717, 1.165) is 4.47 Å². The Morgan fingerprint density at radius 2 is 1.84 bits per heavy atom. The molecule has 0 radical (unpaired) electrons. The first kappa shape index (κ1) is 13.8. The molecule has 1 aliphatic heterocycles. The maximum atomic E-state index is 12.2. The highest BCUT2D eigenvalue weighted by atomic mass is 79.9. The Bertz CT molecular complexity index is 470. The molecule has 102 valence electrons. The Labute approximate surface area is 119 Å². The maximum Gasteiger partial charge on any atom is 0.409 e. The first-order valence-electron chi connectivity index (χ1n) is 5.85. The van der Waals surface area contributed by atoms with Crippen LogP contribution in [0.4, 0.5) is 4.79 Å². The van der Waals surface area contributed by atoms with Crippen molar-refractivity contribution >= 4 is 27.9 Å². The number of nitrogens with zero attached hydrogens (tertiary/aromatic N) is 3. The summed E-state index contributed by atoms with van der Waals surface area (Å²) in [6.45, 7) is 1.95. The fraction of sp³-hybridized carbons (Fsp3) is 0.417. The molecule has 7 heteroatoms. The van der Waals surface area contributed by atoms with E-state index in [1.54, 1.807) is 28.1 Å². The molecule has 0 spiro atoms. The van der Waals surface area contributed by atoms with Crippen LogP contribution in [-0.4, -0.2) is 60.1 Å². The van der Waals surface area contributed by atoms with Gasteiger partial charge in [0.05, 0.1) is 7.11 Å². The lowest BCUT2D eigenvalue weighted by Crippen LogP contribution is -2.50. The number of amides is 2. The fourth-order valence-corrected chi connectivity index (χ4v) is 2.12. The second-order valence-electron chi connectivity index (χ2n) is 4.11. The van der Waals surface area contributed by atoms with Crippen LogP contribution in [0.1, 0.15) is 10.5 Å². The number of methoxy groups -OCH3 is 1. The number of aromatic nitrogens is 1. The standard InChI is InChI=1S/C12H14BrN3O3/c1-19-12(18)16-6-4-15(5-7-16)11(17)10-3-2-9(13)8-14-10/h2-3,8H,4-7H2,1H3. The van der Waals surface area contributed by atoms with Gasteiger partial charge in [0.1, 0.15) is 5.69 Å². The number of rotatable bonds is 1. The largest absolute Gasteiger partial charge is 0.453 e. The van der Waals surface area contributed by atoms with E-state index in [0.29, 0.717) is 31.9 Å². The predicted molar refractivity (Wildman–Crippen MR) is 71.8 cm³/mol. The quantitative estimate of drug-likeness (QED) is 0.781. The lowest BCUT2D eigenvalue weighted by Gasteiger charge is -2.33. The number of pyridine rings is 1. The molecule has 0 unspecified atom stereocenters. The lowest BCUT2D eigenvalue weighted by atomic mass is 10.2. The number of ether oxygens (including phenoxy) is 1. The van der Waals surface area contributed by atoms with Crippen LogP contribution in [0.5, 0.6) is 0 Å². The Morgan fingerprint density at radius 3 is 2.37 bits per heavy atom. The zero-order chi connectivity index (χ0) is 13.8. The summed E-state index contributed by atoms with van der Waals surface area (Å²) in [5.41, 5.74) is 0.412. The van der Waals surface area contributed by atoms with Crippen molar-refractivity contribution < 1.29 is 14.3 Å². The van der Waals surface area contributed by atoms with Gasteiger partial charge in [0.25, 0.3) is 5.91 Å². The topological polar surface area (TPSA) is 62.7 Å². The summed E-state index contributed by atoms with van der Waals surface area (Å²) in [6, 6.07) is 3.46. The van der Waals surface area contributed by atoms with Crippen molar-refractivity contribution in [1.82, 2.24) is 14.8 Å². The first-order valence-corrected chi connectivity index (χ1v) is 6.65. The number of piperazine rings is 1. The van der Waals surface area contributed by atoms with E-state index in [1.165, 1.54) is 7.11 Å². The van der Waals surface area contributed by atoms with Gasteiger partial charge in [0, 0.05) is 36.8 Å². The summed E-state index contributed by atoms with van der Waals surface area (Å²) < 4.78 is 5.48. The second kappa shape index (κ2) is 6.01. The normalized spacial score (nSPS) is 15.3. The van der Waals surface area contributed by atoms with Gasteiger partial charge in [-0.1, -0.05) is 0 Å². The summed E-state index contributed by atoms with van der Waals surface area (Å²) in [6.07, 6.45) is 1.24. The Hall–Kier alpha value is -1.63. The summed E-state index contributed by atoms with van der Waals surface area (Å²) in [5.74, 6) is -0.114. The molecule has 2 rings (SSSR count). The highest BCUT2D eigenvalue weighted by Crippen LogP contribution is 2.11. The zero-order valence-electron chi connectivity index (χ0n) is 10.5. The van der Waals surface area contributed by atoms with Crippen LogP contribution in [0.15, 0.2) is 22.8 Å². The van der Waals surface area contributed by atoms with Gasteiger partial charge < -0.3 is 14.5 Å². The molecule has 0 atom stereocenters. The number of hydrogen-bond acceptors (Lipinski definition) is 4. The number of halogens is 1. The molecule has 0 aliphatic carbocycles. The minimum Gasteiger partial charge on any atom is -0.453 e. The van der Waals surface area contributed by atoms with Crippen molar-refractivity contribution in [3.63, 3.8) is 0 Å². The van der Waals surface area contributed by atoms with Crippen LogP contribution in [0.2, 0.25) is 0 Å². The van der Waals surface area contributed by atoms with Crippen LogP contribution < -0.4 is 0 Å². The number of carbonyl (C=O) groups is 2. The second-order valence-corrected chi connectivity index (χ2v) is 5.03. The molecule has 2 heterocycles. The molecule has 1 aliphatic rings. The number of carbonyl (C=O) groups excluding carboxylic acids is 2. The molecule has 1 fully saturated rings. The van der Waals surface area contributed by atoms with Gasteiger partial charge in [0.15, 0.2) is 0 Å². The molecule has 6 nitrogen and oxygen atoms in total. The summed E-state index contributed by atoms with van der Waals surface area (Å²) in [4.78, 5) is 30.9. The van der Waals surface area contributed by atoms with Gasteiger partial charge >= 0.3 is 6.09 Å². The third kappa shape index (κ3) is 3.23. The molecule has 1 saturated heterocycles. The van der Waals surface area contributed by atoms with Crippen LogP contribution in [0, 0.1) is 0 Å². The van der Waals surface area contributed by atoms with Crippen LogP contribution in [-0.2, 0) is 4.74 Å². The van der Waals surface area contributed by atoms with E-state index < -0.39 is 0 Å². The maximum absolute atomic E-state index is 12.2. The van der Waals surface area contributed by atoms with Crippen molar-refractivity contribution in [3.05, 3.63) is 28.5 Å². The van der Waals surface area contributed by atoms with Gasteiger partial charge in [-0.05, 0) is 28.1 Å². The van der Waals surface area contributed by atoms with Gasteiger partial charge in [0.2, 0.25) is 0 Å². The minimum absolute atomic E-state index is 0.114. The van der Waals surface area contributed by atoms with Gasteiger partial charge in [-0.25, -0.2) is 9.78 Å². The Morgan fingerprint density at radius 1 is 1.21 bits per heavy atom. The highest BCUT2D eigenvalue weighted by molar-refractivity contribution is 9.10. The van der Waals surface area contributed by atoms with E-state index in [9.17, 15) is 9.59 Å². The average Bonchev–Trinajstić information content (AvgIpc) is 2.46. The van der Waals surface area contributed by atoms with Crippen molar-refractivity contribution in [3.8, 4) is 0 Å². The molecule has 1 aromatic rings. The predicted octanol–water partition coefficient (Wildman–Crippen LogP) is 1.37. The van der Waals surface area contributed by atoms with Crippen molar-refractivity contribution in [2.24, 2.45) is 0 Å². The van der Waals surface area contributed by atoms with E-state index in [2.05, 4.69) is 25.7 Å². The van der Waals surface area contributed by atoms with Crippen LogP contribution in [0.3, 0.4) is 0 Å². The fourth-order valence-electron chi connectivity index (χ4n) is 1.89. The molecule has 0 saturated carbocycles. The highest BCUT2D eigenvalue weighted by Gasteiger charge is 2.25. The van der Waals surface area contributed by atoms with Gasteiger partial charge in [-0.15, -0.1) is 0 Å². The molecule has 0 N–H and O–H groups in total. The minimum atomic E-state index is -0.353. The van der Waals surface area contributed by atoms with Gasteiger partial charge in [-0.3, -0.25) is 4.79 Å². The monoisotopic (exact) mass is 327 g/mol. The average molecular weight is 328 g/mol. The SMILES string of the molecule is COC(=O)N1CCN(C(=O)c2ccc(Br)cn2)CC1. The zero-order valence-corrected chi connectivity index (χ0v) is 12.1. The lowest BCUT2D eigenvalue weighted by molar-refractivity contribution is 0.0594. The van der Waals surface area contributed by atoms with Crippen molar-refractivity contribution in [2.75, 3.05) is 33.3 Å². The molecule has 19 heavy (non-hydrogen) atoms. The molecule has 0 bridgehead atoms. The first-order chi connectivity index (χ1) is 9.11. The van der Waals surface area contributed by atoms with Crippen molar-refractivity contribution in [2.45, 2.75) is 0 Å². The van der Waals surface area contributed by atoms with Crippen LogP contribution >= 0.6 is 15.9 Å². The summed E-state index contributed by atoms with van der Waals surface area (Å²) in [7, 11) is 1.35. The van der Waals surface area contributed by atoms with Crippen LogP contribution in [0.25, 0.3) is 0 Å². The van der Waals surface area contributed by atoms with E-state index in [4.69, 9.17) is 0 Å². The van der Waals surface area contributed by atoms with E-state index in [1.807, 2.05) is 0 Å². The Balaban J connectivity index is 1.96. The van der Waals surface area contributed by atoms with E-state index >= 15 is 0 Å². The van der Waals surface area contributed by atoms with E-state index in [-0.39, 0.29) is 12.0 Å². The Kier molecular flexibility index (Phi) is 4.36. The summed E-state index contributed by atoms with van der Waals surface area (Å²) >= 11 is 3.28.